The Labute approximate surface area is 160 Å². The van der Waals surface area contributed by atoms with Crippen molar-refractivity contribution in [3.63, 3.8) is 0 Å². The van der Waals surface area contributed by atoms with E-state index < -0.39 is 11.6 Å². The number of nitrogens with one attached hydrogen (secondary N) is 2. The lowest BCUT2D eigenvalue weighted by atomic mass is 9.89. The molecule has 2 rings (SSSR count). The minimum absolute atomic E-state index is 0. The molecule has 1 atom stereocenters. The van der Waals surface area contributed by atoms with E-state index in [2.05, 4.69) is 20.8 Å². The van der Waals surface area contributed by atoms with Crippen molar-refractivity contribution in [2.45, 2.75) is 70.9 Å². The number of aromatic nitrogens is 2. The van der Waals surface area contributed by atoms with E-state index in [1.165, 1.54) is 0 Å². The van der Waals surface area contributed by atoms with Gasteiger partial charge in [-0.2, -0.15) is 4.98 Å². The summed E-state index contributed by atoms with van der Waals surface area (Å²) in [7, 11) is 0. The van der Waals surface area contributed by atoms with E-state index in [-0.39, 0.29) is 36.7 Å². The predicted octanol–water partition coefficient (Wildman–Crippen LogP) is 1.57. The molecule has 8 nitrogen and oxygen atoms in total. The van der Waals surface area contributed by atoms with Crippen LogP contribution >= 0.6 is 12.4 Å². The Balaban J connectivity index is 0.00000338. The third-order valence-corrected chi connectivity index (χ3v) is 4.74. The first kappa shape index (κ1) is 22.4. The van der Waals surface area contributed by atoms with Crippen LogP contribution in [0.4, 0.5) is 0 Å². The van der Waals surface area contributed by atoms with E-state index in [9.17, 15) is 9.59 Å². The van der Waals surface area contributed by atoms with E-state index in [0.29, 0.717) is 11.7 Å². The van der Waals surface area contributed by atoms with Crippen LogP contribution < -0.4 is 16.4 Å². The zero-order valence-electron chi connectivity index (χ0n) is 15.7. The highest BCUT2D eigenvalue weighted by atomic mass is 35.5. The molecule has 0 unspecified atom stereocenters. The first-order chi connectivity index (χ1) is 11.8. The summed E-state index contributed by atoms with van der Waals surface area (Å²) in [5.41, 5.74) is 5.17. The van der Waals surface area contributed by atoms with Gasteiger partial charge in [-0.15, -0.1) is 12.4 Å². The second-order valence-corrected chi connectivity index (χ2v) is 7.17. The maximum absolute atomic E-state index is 12.5. The lowest BCUT2D eigenvalue weighted by Gasteiger charge is -2.30. The Hall–Kier alpha value is -1.67. The van der Waals surface area contributed by atoms with Crippen molar-refractivity contribution in [3.8, 4) is 0 Å². The molecular weight excluding hydrogens is 358 g/mol. The van der Waals surface area contributed by atoms with E-state index >= 15 is 0 Å². The Morgan fingerprint density at radius 3 is 2.35 bits per heavy atom. The van der Waals surface area contributed by atoms with Gasteiger partial charge in [0.05, 0.1) is 12.6 Å². The number of carbonyl (C=O) groups is 2. The van der Waals surface area contributed by atoms with Gasteiger partial charge in [-0.05, 0) is 18.8 Å². The van der Waals surface area contributed by atoms with Crippen LogP contribution in [-0.2, 0) is 15.1 Å². The predicted molar refractivity (Wildman–Crippen MR) is 99.6 cm³/mol. The fourth-order valence-electron chi connectivity index (χ4n) is 3.13. The molecule has 1 fully saturated rings. The van der Waals surface area contributed by atoms with Crippen LogP contribution in [0, 0.1) is 12.8 Å². The topological polar surface area (TPSA) is 123 Å². The van der Waals surface area contributed by atoms with Gasteiger partial charge in [0.25, 0.3) is 0 Å². The number of aryl methyl sites for hydroxylation is 1. The van der Waals surface area contributed by atoms with Crippen LogP contribution in [0.5, 0.6) is 0 Å². The second kappa shape index (κ2) is 9.87. The van der Waals surface area contributed by atoms with Gasteiger partial charge in [-0.1, -0.05) is 44.7 Å². The molecule has 0 aromatic carbocycles. The molecule has 1 heterocycles. The molecule has 0 aliphatic heterocycles. The molecule has 4 N–H and O–H groups in total. The van der Waals surface area contributed by atoms with Crippen LogP contribution in [0.1, 0.15) is 64.1 Å². The van der Waals surface area contributed by atoms with E-state index in [1.54, 1.807) is 6.92 Å². The van der Waals surface area contributed by atoms with Gasteiger partial charge in [0.15, 0.2) is 5.82 Å². The average molecular weight is 388 g/mol. The largest absolute Gasteiger partial charge is 0.346 e. The Morgan fingerprint density at radius 2 is 1.85 bits per heavy atom. The van der Waals surface area contributed by atoms with Crippen LogP contribution in [0.25, 0.3) is 0 Å². The summed E-state index contributed by atoms with van der Waals surface area (Å²) in [6, 6.07) is -0.625. The molecule has 0 bridgehead atoms. The van der Waals surface area contributed by atoms with Gasteiger partial charge in [-0.25, -0.2) is 0 Å². The van der Waals surface area contributed by atoms with Gasteiger partial charge >= 0.3 is 0 Å². The number of halogens is 1. The molecule has 1 aliphatic carbocycles. The fourth-order valence-corrected chi connectivity index (χ4v) is 3.13. The molecule has 148 valence electrons. The molecule has 0 spiro atoms. The first-order valence-corrected chi connectivity index (χ1v) is 8.99. The molecule has 0 radical (unpaired) electrons. The molecule has 1 aliphatic rings. The number of amides is 2. The van der Waals surface area contributed by atoms with Gasteiger partial charge in [-0.3, -0.25) is 9.59 Å². The van der Waals surface area contributed by atoms with Crippen molar-refractivity contribution in [1.29, 1.82) is 0 Å². The van der Waals surface area contributed by atoms with E-state index in [0.717, 1.165) is 38.5 Å². The van der Waals surface area contributed by atoms with E-state index in [1.807, 2.05) is 13.8 Å². The van der Waals surface area contributed by atoms with Gasteiger partial charge < -0.3 is 20.9 Å². The van der Waals surface area contributed by atoms with Crippen molar-refractivity contribution in [2.24, 2.45) is 11.7 Å². The van der Waals surface area contributed by atoms with Crippen LogP contribution in [0.2, 0.25) is 0 Å². The summed E-state index contributed by atoms with van der Waals surface area (Å²) in [5, 5.41) is 9.69. The summed E-state index contributed by atoms with van der Waals surface area (Å²) in [6.45, 7) is 5.35. The smallest absolute Gasteiger partial charge is 0.240 e. The van der Waals surface area contributed by atoms with Crippen molar-refractivity contribution in [3.05, 3.63) is 11.7 Å². The summed E-state index contributed by atoms with van der Waals surface area (Å²) in [6.07, 6.45) is 5.73. The summed E-state index contributed by atoms with van der Waals surface area (Å²) in [5.74, 6) is 0.414. The highest BCUT2D eigenvalue weighted by molar-refractivity contribution is 5.87. The second-order valence-electron chi connectivity index (χ2n) is 7.17. The van der Waals surface area contributed by atoms with Gasteiger partial charge in [0.1, 0.15) is 5.54 Å². The zero-order valence-corrected chi connectivity index (χ0v) is 16.5. The minimum Gasteiger partial charge on any atom is -0.346 e. The van der Waals surface area contributed by atoms with Crippen molar-refractivity contribution < 1.29 is 14.1 Å². The molecule has 26 heavy (non-hydrogen) atoms. The highest BCUT2D eigenvalue weighted by Gasteiger charge is 2.38. The molecule has 9 heteroatoms. The molecule has 1 aromatic rings. The molecule has 1 aromatic heterocycles. The normalized spacial score (nSPS) is 17.7. The molecular formula is C17H30ClN5O3. The summed E-state index contributed by atoms with van der Waals surface area (Å²) < 4.78 is 5.12. The lowest BCUT2D eigenvalue weighted by molar-refractivity contribution is -0.128. The average Bonchev–Trinajstić information content (AvgIpc) is 2.88. The number of nitrogens with zero attached hydrogens (tertiary/aromatic N) is 2. The minimum atomic E-state index is -0.629. The Bertz CT molecular complexity index is 597. The van der Waals surface area contributed by atoms with E-state index in [4.69, 9.17) is 10.3 Å². The quantitative estimate of drug-likeness (QED) is 0.636. The van der Waals surface area contributed by atoms with Crippen LogP contribution in [0.3, 0.4) is 0 Å². The Kier molecular flexibility index (Phi) is 8.49. The molecule has 2 amide bonds. The first-order valence-electron chi connectivity index (χ1n) is 8.99. The lowest BCUT2D eigenvalue weighted by Crippen LogP contribution is -2.52. The van der Waals surface area contributed by atoms with Crippen molar-refractivity contribution in [1.82, 2.24) is 20.8 Å². The van der Waals surface area contributed by atoms with Crippen LogP contribution in [0.15, 0.2) is 4.52 Å². The molecule has 1 saturated carbocycles. The van der Waals surface area contributed by atoms with Gasteiger partial charge in [0.2, 0.25) is 17.7 Å². The number of nitrogens with two attached hydrogens (primary N) is 1. The number of rotatable bonds is 6. The SMILES string of the molecule is Cc1nc(C2(NC(=O)CNC(=O)[C@@H](N)C(C)C)CCCCCC2)no1.Cl. The van der Waals surface area contributed by atoms with Crippen molar-refractivity contribution in [2.75, 3.05) is 6.54 Å². The number of hydrogen-bond acceptors (Lipinski definition) is 6. The fraction of sp³-hybridized carbons (Fsp3) is 0.765. The highest BCUT2D eigenvalue weighted by Crippen LogP contribution is 2.34. The molecule has 0 saturated heterocycles. The van der Waals surface area contributed by atoms with Gasteiger partial charge in [0, 0.05) is 6.92 Å². The summed E-state index contributed by atoms with van der Waals surface area (Å²) >= 11 is 0. The monoisotopic (exact) mass is 387 g/mol. The zero-order chi connectivity index (χ0) is 18.4. The van der Waals surface area contributed by atoms with Crippen molar-refractivity contribution >= 4 is 24.2 Å². The summed E-state index contributed by atoms with van der Waals surface area (Å²) in [4.78, 5) is 28.7. The third-order valence-electron chi connectivity index (χ3n) is 4.74. The number of hydrogen-bond donors (Lipinski definition) is 3. The number of carbonyl (C=O) groups excluding carboxylic acids is 2. The Morgan fingerprint density at radius 1 is 1.23 bits per heavy atom. The third kappa shape index (κ3) is 5.67. The standard InChI is InChI=1S/C17H29N5O3.ClH/c1-11(2)14(18)15(24)19-10-13(23)21-17(8-6-4-5-7-9-17)16-20-12(3)25-22-16;/h11,14H,4-10,18H2,1-3H3,(H,19,24)(H,21,23);1H/t14-;/m0./s1. The maximum atomic E-state index is 12.5. The maximum Gasteiger partial charge on any atom is 0.240 e. The van der Waals surface area contributed by atoms with Crippen LogP contribution in [-0.4, -0.2) is 34.5 Å².